The van der Waals surface area contributed by atoms with E-state index in [9.17, 15) is 0 Å². The van der Waals surface area contributed by atoms with Gasteiger partial charge in [0.2, 0.25) is 0 Å². The van der Waals surface area contributed by atoms with Gasteiger partial charge in [-0.25, -0.2) is 0 Å². The van der Waals surface area contributed by atoms with Gasteiger partial charge in [-0.05, 0) is 45.4 Å². The standard InChI is InChI=1S/C14H16BrNOS/c1-17-8-6-11-4-2-3-5-13(11)16-10-14-12(15)7-9-18-14/h2-5,7,9,16H,6,8,10H2,1H3. The second-order valence-electron chi connectivity index (χ2n) is 3.95. The van der Waals surface area contributed by atoms with Crippen molar-refractivity contribution in [3.63, 3.8) is 0 Å². The largest absolute Gasteiger partial charge is 0.384 e. The van der Waals surface area contributed by atoms with Gasteiger partial charge in [-0.3, -0.25) is 0 Å². The summed E-state index contributed by atoms with van der Waals surface area (Å²) >= 11 is 5.31. The van der Waals surface area contributed by atoms with Crippen LogP contribution in [0.5, 0.6) is 0 Å². The van der Waals surface area contributed by atoms with Crippen molar-refractivity contribution in [1.82, 2.24) is 0 Å². The van der Waals surface area contributed by atoms with Gasteiger partial charge in [-0.1, -0.05) is 18.2 Å². The van der Waals surface area contributed by atoms with Crippen LogP contribution in [0.25, 0.3) is 0 Å². The van der Waals surface area contributed by atoms with E-state index >= 15 is 0 Å². The van der Waals surface area contributed by atoms with Gasteiger partial charge in [0.05, 0.1) is 13.2 Å². The number of rotatable bonds is 6. The predicted octanol–water partition coefficient (Wildman–Crippen LogP) is 4.31. The molecule has 96 valence electrons. The number of methoxy groups -OCH3 is 1. The van der Waals surface area contributed by atoms with E-state index < -0.39 is 0 Å². The Labute approximate surface area is 120 Å². The number of ether oxygens (including phenoxy) is 1. The van der Waals surface area contributed by atoms with Gasteiger partial charge in [-0.15, -0.1) is 11.3 Å². The number of nitrogens with one attached hydrogen (secondary N) is 1. The smallest absolute Gasteiger partial charge is 0.0505 e. The summed E-state index contributed by atoms with van der Waals surface area (Å²) in [4.78, 5) is 1.32. The highest BCUT2D eigenvalue weighted by Crippen LogP contribution is 2.24. The maximum absolute atomic E-state index is 5.14. The molecule has 2 rings (SSSR count). The first kappa shape index (κ1) is 13.6. The zero-order valence-corrected chi connectivity index (χ0v) is 12.7. The Morgan fingerprint density at radius 1 is 1.28 bits per heavy atom. The lowest BCUT2D eigenvalue weighted by atomic mass is 10.1. The Morgan fingerprint density at radius 2 is 2.11 bits per heavy atom. The van der Waals surface area contributed by atoms with Crippen LogP contribution < -0.4 is 5.32 Å². The van der Waals surface area contributed by atoms with Gasteiger partial charge in [0.15, 0.2) is 0 Å². The number of anilines is 1. The second-order valence-corrected chi connectivity index (χ2v) is 5.80. The van der Waals surface area contributed by atoms with Crippen LogP contribution in [0.3, 0.4) is 0 Å². The summed E-state index contributed by atoms with van der Waals surface area (Å²) in [5.41, 5.74) is 2.49. The van der Waals surface area contributed by atoms with Crippen LogP contribution in [0, 0.1) is 0 Å². The molecule has 0 fully saturated rings. The highest BCUT2D eigenvalue weighted by atomic mass is 79.9. The Morgan fingerprint density at radius 3 is 2.83 bits per heavy atom. The minimum Gasteiger partial charge on any atom is -0.384 e. The van der Waals surface area contributed by atoms with E-state index in [0.717, 1.165) is 19.6 Å². The molecule has 0 aliphatic rings. The average Bonchev–Trinajstić information content (AvgIpc) is 2.80. The van der Waals surface area contributed by atoms with Crippen LogP contribution in [0.15, 0.2) is 40.2 Å². The molecule has 0 spiro atoms. The molecule has 0 unspecified atom stereocenters. The monoisotopic (exact) mass is 325 g/mol. The van der Waals surface area contributed by atoms with Crippen LogP contribution in [-0.2, 0) is 17.7 Å². The van der Waals surface area contributed by atoms with Crippen molar-refractivity contribution in [2.24, 2.45) is 0 Å². The van der Waals surface area contributed by atoms with Gasteiger partial charge in [-0.2, -0.15) is 0 Å². The number of halogens is 1. The van der Waals surface area contributed by atoms with E-state index in [1.54, 1.807) is 18.4 Å². The van der Waals surface area contributed by atoms with Gasteiger partial charge in [0, 0.05) is 22.1 Å². The molecule has 18 heavy (non-hydrogen) atoms. The van der Waals surface area contributed by atoms with E-state index in [1.165, 1.54) is 20.6 Å². The zero-order chi connectivity index (χ0) is 12.8. The molecule has 0 radical (unpaired) electrons. The number of para-hydroxylation sites is 1. The SMILES string of the molecule is COCCc1ccccc1NCc1sccc1Br. The first-order valence-corrected chi connectivity index (χ1v) is 7.51. The molecule has 0 aliphatic carbocycles. The first-order valence-electron chi connectivity index (χ1n) is 5.84. The summed E-state index contributed by atoms with van der Waals surface area (Å²) in [6.07, 6.45) is 0.936. The number of hydrogen-bond donors (Lipinski definition) is 1. The Hall–Kier alpha value is -0.840. The lowest BCUT2D eigenvalue weighted by Crippen LogP contribution is -2.03. The van der Waals surface area contributed by atoms with Crippen molar-refractivity contribution >= 4 is 33.0 Å². The molecule has 0 saturated heterocycles. The topological polar surface area (TPSA) is 21.3 Å². The van der Waals surface area contributed by atoms with Crippen molar-refractivity contribution < 1.29 is 4.74 Å². The van der Waals surface area contributed by atoms with E-state index in [0.29, 0.717) is 0 Å². The molecular weight excluding hydrogens is 310 g/mol. The fraction of sp³-hybridized carbons (Fsp3) is 0.286. The molecule has 1 aromatic carbocycles. The van der Waals surface area contributed by atoms with Crippen LogP contribution in [0.1, 0.15) is 10.4 Å². The molecule has 1 aromatic heterocycles. The molecule has 1 heterocycles. The lowest BCUT2D eigenvalue weighted by Gasteiger charge is -2.11. The molecule has 0 atom stereocenters. The number of thiophene rings is 1. The molecule has 1 N–H and O–H groups in total. The van der Waals surface area contributed by atoms with E-state index in [2.05, 4.69) is 57.0 Å². The Bertz CT molecular complexity index is 498. The minimum atomic E-state index is 0.751. The molecule has 0 amide bonds. The quantitative estimate of drug-likeness (QED) is 0.854. The van der Waals surface area contributed by atoms with Crippen LogP contribution >= 0.6 is 27.3 Å². The summed E-state index contributed by atoms with van der Waals surface area (Å²) in [5, 5.41) is 5.59. The van der Waals surface area contributed by atoms with Crippen LogP contribution in [-0.4, -0.2) is 13.7 Å². The summed E-state index contributed by atoms with van der Waals surface area (Å²) in [6.45, 7) is 1.60. The fourth-order valence-electron chi connectivity index (χ4n) is 1.75. The molecule has 2 aromatic rings. The second kappa shape index (κ2) is 6.92. The number of benzene rings is 1. The van der Waals surface area contributed by atoms with Crippen LogP contribution in [0.4, 0.5) is 5.69 Å². The van der Waals surface area contributed by atoms with Gasteiger partial charge < -0.3 is 10.1 Å². The number of hydrogen-bond acceptors (Lipinski definition) is 3. The maximum Gasteiger partial charge on any atom is 0.0505 e. The van der Waals surface area contributed by atoms with Gasteiger partial charge >= 0.3 is 0 Å². The Kier molecular flexibility index (Phi) is 5.23. The average molecular weight is 326 g/mol. The molecule has 2 nitrogen and oxygen atoms in total. The molecule has 0 saturated carbocycles. The molecule has 0 bridgehead atoms. The summed E-state index contributed by atoms with van der Waals surface area (Å²) in [6, 6.07) is 10.5. The van der Waals surface area contributed by atoms with E-state index in [1.807, 2.05) is 0 Å². The van der Waals surface area contributed by atoms with Crippen molar-refractivity contribution in [2.45, 2.75) is 13.0 Å². The van der Waals surface area contributed by atoms with Crippen molar-refractivity contribution in [3.05, 3.63) is 50.6 Å². The third-order valence-electron chi connectivity index (χ3n) is 2.72. The lowest BCUT2D eigenvalue weighted by molar-refractivity contribution is 0.202. The zero-order valence-electron chi connectivity index (χ0n) is 10.3. The maximum atomic E-state index is 5.14. The third kappa shape index (κ3) is 3.57. The van der Waals surface area contributed by atoms with Gasteiger partial charge in [0.1, 0.15) is 0 Å². The van der Waals surface area contributed by atoms with E-state index in [-0.39, 0.29) is 0 Å². The van der Waals surface area contributed by atoms with Crippen molar-refractivity contribution in [1.29, 1.82) is 0 Å². The Balaban J connectivity index is 2.02. The van der Waals surface area contributed by atoms with E-state index in [4.69, 9.17) is 4.74 Å². The minimum absolute atomic E-state index is 0.751. The predicted molar refractivity (Wildman–Crippen MR) is 81.4 cm³/mol. The molecule has 4 heteroatoms. The third-order valence-corrected chi connectivity index (χ3v) is 4.65. The summed E-state index contributed by atoms with van der Waals surface area (Å²) < 4.78 is 6.31. The summed E-state index contributed by atoms with van der Waals surface area (Å²) in [5.74, 6) is 0. The molecular formula is C14H16BrNOS. The highest BCUT2D eigenvalue weighted by Gasteiger charge is 2.04. The van der Waals surface area contributed by atoms with Crippen LogP contribution in [0.2, 0.25) is 0 Å². The van der Waals surface area contributed by atoms with Gasteiger partial charge in [0.25, 0.3) is 0 Å². The normalized spacial score (nSPS) is 10.6. The fourth-order valence-corrected chi connectivity index (χ4v) is 3.18. The van der Waals surface area contributed by atoms with Crippen molar-refractivity contribution in [3.8, 4) is 0 Å². The summed E-state index contributed by atoms with van der Waals surface area (Å²) in [7, 11) is 1.73. The highest BCUT2D eigenvalue weighted by molar-refractivity contribution is 9.10. The first-order chi connectivity index (χ1) is 8.81. The molecule has 0 aliphatic heterocycles. The van der Waals surface area contributed by atoms with Crippen molar-refractivity contribution in [2.75, 3.05) is 19.0 Å².